The standard InChI is InChI=1S/C7H9N3S2/c1-8-7(11)10-9-5-6-3-2-4-12-6/h2-5H,1H3,(H2,8,10,11)/b9-5-. The summed E-state index contributed by atoms with van der Waals surface area (Å²) >= 11 is 6.45. The minimum atomic E-state index is 0.516. The van der Waals surface area contributed by atoms with Crippen LogP contribution in [0.25, 0.3) is 0 Å². The first-order valence-corrected chi connectivity index (χ1v) is 4.66. The van der Waals surface area contributed by atoms with Gasteiger partial charge in [0.15, 0.2) is 5.11 Å². The van der Waals surface area contributed by atoms with Gasteiger partial charge in [0.1, 0.15) is 0 Å². The average Bonchev–Trinajstić information content (AvgIpc) is 2.57. The number of nitrogens with one attached hydrogen (secondary N) is 2. The van der Waals surface area contributed by atoms with Crippen LogP contribution in [-0.2, 0) is 0 Å². The van der Waals surface area contributed by atoms with E-state index in [1.165, 1.54) is 0 Å². The van der Waals surface area contributed by atoms with E-state index in [4.69, 9.17) is 12.2 Å². The lowest BCUT2D eigenvalue weighted by Gasteiger charge is -1.97. The van der Waals surface area contributed by atoms with Crippen molar-refractivity contribution in [1.29, 1.82) is 0 Å². The zero-order valence-electron chi connectivity index (χ0n) is 6.57. The number of hydrogen-bond donors (Lipinski definition) is 2. The second-order valence-corrected chi connectivity index (χ2v) is 3.35. The molecule has 1 aromatic rings. The largest absolute Gasteiger partial charge is 0.364 e. The van der Waals surface area contributed by atoms with Crippen LogP contribution in [-0.4, -0.2) is 18.4 Å². The minimum absolute atomic E-state index is 0.516. The zero-order chi connectivity index (χ0) is 8.81. The molecule has 0 fully saturated rings. The fraction of sp³-hybridized carbons (Fsp3) is 0.143. The molecule has 0 amide bonds. The van der Waals surface area contributed by atoms with Crippen molar-refractivity contribution in [2.24, 2.45) is 5.10 Å². The topological polar surface area (TPSA) is 36.4 Å². The average molecular weight is 199 g/mol. The summed E-state index contributed by atoms with van der Waals surface area (Å²) in [5, 5.41) is 9.19. The Kier molecular flexibility index (Phi) is 3.69. The van der Waals surface area contributed by atoms with Crippen LogP contribution in [0, 0.1) is 0 Å². The summed E-state index contributed by atoms with van der Waals surface area (Å²) in [5.41, 5.74) is 2.67. The first-order chi connectivity index (χ1) is 5.83. The van der Waals surface area contributed by atoms with Gasteiger partial charge in [-0.3, -0.25) is 5.43 Å². The molecule has 2 N–H and O–H groups in total. The molecule has 1 rings (SSSR count). The van der Waals surface area contributed by atoms with Gasteiger partial charge in [-0.05, 0) is 23.7 Å². The van der Waals surface area contributed by atoms with Crippen LogP contribution < -0.4 is 10.7 Å². The molecule has 0 spiro atoms. The predicted molar refractivity (Wildman–Crippen MR) is 56.7 cm³/mol. The number of thiocarbonyl (C=S) groups is 1. The Morgan fingerprint density at radius 3 is 3.17 bits per heavy atom. The van der Waals surface area contributed by atoms with Crippen molar-refractivity contribution in [3.8, 4) is 0 Å². The second kappa shape index (κ2) is 4.84. The fourth-order valence-electron chi connectivity index (χ4n) is 0.575. The lowest BCUT2D eigenvalue weighted by atomic mass is 10.5. The molecule has 0 radical (unpaired) electrons. The summed E-state index contributed by atoms with van der Waals surface area (Å²) in [4.78, 5) is 1.10. The molecule has 0 saturated carbocycles. The summed E-state index contributed by atoms with van der Waals surface area (Å²) in [7, 11) is 1.75. The highest BCUT2D eigenvalue weighted by Crippen LogP contribution is 2.03. The van der Waals surface area contributed by atoms with Gasteiger partial charge in [0.2, 0.25) is 0 Å². The Bertz CT molecular complexity index is 266. The highest BCUT2D eigenvalue weighted by molar-refractivity contribution is 7.80. The smallest absolute Gasteiger partial charge is 0.186 e. The molecule has 0 unspecified atom stereocenters. The van der Waals surface area contributed by atoms with Crippen molar-refractivity contribution >= 4 is 34.9 Å². The Morgan fingerprint density at radius 1 is 1.75 bits per heavy atom. The Labute approximate surface area is 80.5 Å². The third kappa shape index (κ3) is 2.98. The van der Waals surface area contributed by atoms with Crippen molar-refractivity contribution in [2.45, 2.75) is 0 Å². The predicted octanol–water partition coefficient (Wildman–Crippen LogP) is 1.18. The molecule has 0 bridgehead atoms. The summed E-state index contributed by atoms with van der Waals surface area (Å²) in [6, 6.07) is 3.96. The molecule has 0 aliphatic heterocycles. The molecular weight excluding hydrogens is 190 g/mol. The van der Waals surface area contributed by atoms with Crippen LogP contribution in [0.2, 0.25) is 0 Å². The molecule has 12 heavy (non-hydrogen) atoms. The summed E-state index contributed by atoms with van der Waals surface area (Å²) < 4.78 is 0. The van der Waals surface area contributed by atoms with Crippen molar-refractivity contribution in [3.05, 3.63) is 22.4 Å². The number of rotatable bonds is 2. The number of hydrogen-bond acceptors (Lipinski definition) is 3. The van der Waals surface area contributed by atoms with E-state index >= 15 is 0 Å². The van der Waals surface area contributed by atoms with E-state index in [-0.39, 0.29) is 0 Å². The van der Waals surface area contributed by atoms with Crippen LogP contribution in [0.3, 0.4) is 0 Å². The van der Waals surface area contributed by atoms with Gasteiger partial charge in [-0.25, -0.2) is 0 Å². The molecule has 0 saturated heterocycles. The van der Waals surface area contributed by atoms with Gasteiger partial charge in [-0.2, -0.15) is 5.10 Å². The van der Waals surface area contributed by atoms with Gasteiger partial charge in [0.25, 0.3) is 0 Å². The maximum Gasteiger partial charge on any atom is 0.186 e. The van der Waals surface area contributed by atoms with Gasteiger partial charge in [-0.15, -0.1) is 11.3 Å². The van der Waals surface area contributed by atoms with Gasteiger partial charge >= 0.3 is 0 Å². The van der Waals surface area contributed by atoms with E-state index in [9.17, 15) is 0 Å². The molecular formula is C7H9N3S2. The van der Waals surface area contributed by atoms with Crippen molar-refractivity contribution in [3.63, 3.8) is 0 Å². The highest BCUT2D eigenvalue weighted by Gasteiger charge is 1.87. The van der Waals surface area contributed by atoms with Crippen LogP contribution in [0.1, 0.15) is 4.88 Å². The lowest BCUT2D eigenvalue weighted by molar-refractivity contribution is 0.982. The summed E-state index contributed by atoms with van der Waals surface area (Å²) in [6.07, 6.45) is 1.73. The van der Waals surface area contributed by atoms with E-state index in [2.05, 4.69) is 15.8 Å². The van der Waals surface area contributed by atoms with Gasteiger partial charge in [-0.1, -0.05) is 6.07 Å². The molecule has 1 aromatic heterocycles. The second-order valence-electron chi connectivity index (χ2n) is 1.96. The van der Waals surface area contributed by atoms with E-state index < -0.39 is 0 Å². The van der Waals surface area contributed by atoms with Crippen molar-refractivity contribution in [1.82, 2.24) is 10.7 Å². The Balaban J connectivity index is 2.37. The SMILES string of the molecule is CNC(=S)N/N=C\c1cccs1. The van der Waals surface area contributed by atoms with Crippen molar-refractivity contribution < 1.29 is 0 Å². The number of hydrazone groups is 1. The number of nitrogens with zero attached hydrogens (tertiary/aromatic N) is 1. The summed E-state index contributed by atoms with van der Waals surface area (Å²) in [6.45, 7) is 0. The van der Waals surface area contributed by atoms with Gasteiger partial charge in [0, 0.05) is 11.9 Å². The van der Waals surface area contributed by atoms with Crippen LogP contribution >= 0.6 is 23.6 Å². The molecule has 0 atom stereocenters. The normalized spacial score (nSPS) is 10.1. The minimum Gasteiger partial charge on any atom is -0.364 e. The van der Waals surface area contributed by atoms with E-state index in [1.54, 1.807) is 24.6 Å². The fourth-order valence-corrected chi connectivity index (χ4v) is 1.21. The lowest BCUT2D eigenvalue weighted by Crippen LogP contribution is -2.28. The van der Waals surface area contributed by atoms with Crippen LogP contribution in [0.5, 0.6) is 0 Å². The van der Waals surface area contributed by atoms with E-state index in [1.807, 2.05) is 17.5 Å². The van der Waals surface area contributed by atoms with Crippen LogP contribution in [0.4, 0.5) is 0 Å². The maximum absolute atomic E-state index is 4.82. The van der Waals surface area contributed by atoms with Gasteiger partial charge in [0.05, 0.1) is 6.21 Å². The maximum atomic E-state index is 4.82. The first-order valence-electron chi connectivity index (χ1n) is 3.37. The van der Waals surface area contributed by atoms with Crippen molar-refractivity contribution in [2.75, 3.05) is 7.05 Å². The molecule has 1 heterocycles. The molecule has 0 aliphatic carbocycles. The Hall–Kier alpha value is -0.940. The number of thiophene rings is 1. The Morgan fingerprint density at radius 2 is 2.58 bits per heavy atom. The van der Waals surface area contributed by atoms with Crippen LogP contribution in [0.15, 0.2) is 22.6 Å². The highest BCUT2D eigenvalue weighted by atomic mass is 32.1. The third-order valence-corrected chi connectivity index (χ3v) is 2.23. The van der Waals surface area contributed by atoms with E-state index in [0.717, 1.165) is 4.88 Å². The first kappa shape index (κ1) is 9.15. The van der Waals surface area contributed by atoms with Gasteiger partial charge < -0.3 is 5.32 Å². The molecule has 64 valence electrons. The van der Waals surface area contributed by atoms with E-state index in [0.29, 0.717) is 5.11 Å². The molecule has 5 heteroatoms. The zero-order valence-corrected chi connectivity index (χ0v) is 8.21. The summed E-state index contributed by atoms with van der Waals surface area (Å²) in [5.74, 6) is 0. The third-order valence-electron chi connectivity index (χ3n) is 1.13. The monoisotopic (exact) mass is 199 g/mol. The molecule has 0 aromatic carbocycles. The molecule has 0 aliphatic rings. The molecule has 3 nitrogen and oxygen atoms in total. The quantitative estimate of drug-likeness (QED) is 0.426.